The molecule has 14 heavy (non-hydrogen) atoms. The molecule has 0 fully saturated rings. The van der Waals surface area contributed by atoms with Gasteiger partial charge in [0.05, 0.1) is 10.6 Å². The van der Waals surface area contributed by atoms with Gasteiger partial charge in [-0.2, -0.15) is 5.10 Å². The van der Waals surface area contributed by atoms with Gasteiger partial charge in [0.2, 0.25) is 0 Å². The number of carbonyl (C=O) groups is 1. The fourth-order valence-corrected chi connectivity index (χ4v) is 2.09. The molecule has 0 unspecified atom stereocenters. The van der Waals surface area contributed by atoms with Gasteiger partial charge in [0.15, 0.2) is 5.69 Å². The minimum absolute atomic E-state index is 0.0489. The summed E-state index contributed by atoms with van der Waals surface area (Å²) in [7, 11) is 0. The lowest BCUT2D eigenvalue weighted by atomic mass is 10.2. The van der Waals surface area contributed by atoms with Crippen LogP contribution < -0.4 is 0 Å². The van der Waals surface area contributed by atoms with Crippen molar-refractivity contribution in [2.45, 2.75) is 6.92 Å². The third-order valence-electron chi connectivity index (χ3n) is 1.90. The maximum absolute atomic E-state index is 10.6. The van der Waals surface area contributed by atoms with Crippen molar-refractivity contribution in [1.29, 1.82) is 0 Å². The summed E-state index contributed by atoms with van der Waals surface area (Å²) in [6, 6.07) is 3.53. The van der Waals surface area contributed by atoms with Gasteiger partial charge in [-0.3, -0.25) is 5.10 Å². The Balaban J connectivity index is 2.43. The second-order valence-electron chi connectivity index (χ2n) is 2.90. The van der Waals surface area contributed by atoms with Crippen molar-refractivity contribution >= 4 is 17.3 Å². The van der Waals surface area contributed by atoms with Crippen LogP contribution in [0, 0.1) is 6.92 Å². The van der Waals surface area contributed by atoms with Gasteiger partial charge in [0.1, 0.15) is 0 Å². The molecule has 0 bridgehead atoms. The van der Waals surface area contributed by atoms with E-state index in [9.17, 15) is 4.79 Å². The summed E-state index contributed by atoms with van der Waals surface area (Å²) in [6.07, 6.45) is 0. The first-order valence-electron chi connectivity index (χ1n) is 4.01. The highest BCUT2D eigenvalue weighted by atomic mass is 32.1. The summed E-state index contributed by atoms with van der Waals surface area (Å²) in [5.41, 5.74) is 1.93. The average Bonchev–Trinajstić information content (AvgIpc) is 2.71. The topological polar surface area (TPSA) is 66.0 Å². The summed E-state index contributed by atoms with van der Waals surface area (Å²) in [5, 5.41) is 17.1. The zero-order valence-electron chi connectivity index (χ0n) is 7.44. The molecule has 0 saturated heterocycles. The highest BCUT2D eigenvalue weighted by Crippen LogP contribution is 2.27. The summed E-state index contributed by atoms with van der Waals surface area (Å²) in [5.74, 6) is -1.01. The predicted molar refractivity (Wildman–Crippen MR) is 53.6 cm³/mol. The van der Waals surface area contributed by atoms with Gasteiger partial charge in [-0.25, -0.2) is 4.79 Å². The van der Waals surface area contributed by atoms with Crippen LogP contribution in [-0.4, -0.2) is 21.3 Å². The second-order valence-corrected chi connectivity index (χ2v) is 3.82. The van der Waals surface area contributed by atoms with E-state index in [2.05, 4.69) is 10.2 Å². The molecule has 0 aromatic carbocycles. The molecule has 2 aromatic heterocycles. The molecule has 0 aliphatic heterocycles. The molecular formula is C9H8N2O2S. The number of hydrogen-bond donors (Lipinski definition) is 2. The van der Waals surface area contributed by atoms with Crippen LogP contribution >= 0.6 is 11.3 Å². The monoisotopic (exact) mass is 208 g/mol. The number of aromatic carboxylic acids is 1. The highest BCUT2D eigenvalue weighted by Gasteiger charge is 2.11. The van der Waals surface area contributed by atoms with E-state index < -0.39 is 5.97 Å². The fraction of sp³-hybridized carbons (Fsp3) is 0.111. The molecule has 0 radical (unpaired) electrons. The van der Waals surface area contributed by atoms with E-state index in [0.29, 0.717) is 0 Å². The molecule has 0 atom stereocenters. The Bertz CT molecular complexity index is 473. The molecule has 0 saturated carbocycles. The number of aryl methyl sites for hydroxylation is 1. The Morgan fingerprint density at radius 3 is 2.93 bits per heavy atom. The molecule has 0 spiro atoms. The average molecular weight is 208 g/mol. The number of carboxylic acids is 1. The number of aromatic amines is 1. The van der Waals surface area contributed by atoms with E-state index in [4.69, 9.17) is 5.11 Å². The smallest absolute Gasteiger partial charge is 0.356 e. The Hall–Kier alpha value is -1.62. The molecule has 5 heteroatoms. The number of hydrogen-bond acceptors (Lipinski definition) is 3. The molecule has 0 amide bonds. The molecule has 2 rings (SSSR count). The van der Waals surface area contributed by atoms with Crippen LogP contribution in [0.1, 0.15) is 16.1 Å². The zero-order chi connectivity index (χ0) is 10.1. The van der Waals surface area contributed by atoms with Gasteiger partial charge in [0.25, 0.3) is 0 Å². The quantitative estimate of drug-likeness (QED) is 0.794. The van der Waals surface area contributed by atoms with Crippen molar-refractivity contribution in [3.8, 4) is 10.6 Å². The van der Waals surface area contributed by atoms with E-state index in [1.54, 1.807) is 17.4 Å². The van der Waals surface area contributed by atoms with Crippen molar-refractivity contribution in [3.63, 3.8) is 0 Å². The van der Waals surface area contributed by atoms with Crippen LogP contribution in [0.25, 0.3) is 10.6 Å². The third-order valence-corrected chi connectivity index (χ3v) is 2.95. The predicted octanol–water partition coefficient (Wildman–Crippen LogP) is 2.14. The van der Waals surface area contributed by atoms with Gasteiger partial charge < -0.3 is 5.11 Å². The number of thiophene rings is 1. The van der Waals surface area contributed by atoms with Crippen LogP contribution in [0.15, 0.2) is 17.5 Å². The van der Waals surface area contributed by atoms with Gasteiger partial charge in [-0.05, 0) is 30.0 Å². The summed E-state index contributed by atoms with van der Waals surface area (Å²) in [6.45, 7) is 1.98. The van der Waals surface area contributed by atoms with Crippen LogP contribution in [-0.2, 0) is 0 Å². The summed E-state index contributed by atoms with van der Waals surface area (Å²) >= 11 is 1.56. The van der Waals surface area contributed by atoms with E-state index in [1.807, 2.05) is 18.4 Å². The van der Waals surface area contributed by atoms with Crippen molar-refractivity contribution in [2.24, 2.45) is 0 Å². The van der Waals surface area contributed by atoms with Crippen molar-refractivity contribution in [3.05, 3.63) is 28.8 Å². The minimum atomic E-state index is -1.01. The molecule has 72 valence electrons. The first-order valence-corrected chi connectivity index (χ1v) is 4.89. The summed E-state index contributed by atoms with van der Waals surface area (Å²) < 4.78 is 0. The lowest BCUT2D eigenvalue weighted by molar-refractivity contribution is 0.0690. The molecular weight excluding hydrogens is 200 g/mol. The first-order chi connectivity index (χ1) is 6.68. The van der Waals surface area contributed by atoms with E-state index in [1.165, 1.54) is 0 Å². The normalized spacial score (nSPS) is 10.4. The van der Waals surface area contributed by atoms with Crippen molar-refractivity contribution in [2.75, 3.05) is 0 Å². The number of H-pyrrole nitrogens is 1. The van der Waals surface area contributed by atoms with Crippen LogP contribution in [0.3, 0.4) is 0 Å². The molecule has 2 N–H and O–H groups in total. The van der Waals surface area contributed by atoms with E-state index in [0.717, 1.165) is 16.1 Å². The number of carboxylic acid groups (broad SMARTS) is 1. The number of aromatic nitrogens is 2. The largest absolute Gasteiger partial charge is 0.476 e. The van der Waals surface area contributed by atoms with Crippen LogP contribution in [0.5, 0.6) is 0 Å². The van der Waals surface area contributed by atoms with Gasteiger partial charge in [-0.15, -0.1) is 11.3 Å². The van der Waals surface area contributed by atoms with Crippen LogP contribution in [0.4, 0.5) is 0 Å². The molecule has 0 aliphatic carbocycles. The Morgan fingerprint density at radius 1 is 1.64 bits per heavy atom. The fourth-order valence-electron chi connectivity index (χ4n) is 1.20. The SMILES string of the molecule is Cc1ccsc1-c1cc(C(=O)O)n[nH]1. The van der Waals surface area contributed by atoms with Crippen molar-refractivity contribution in [1.82, 2.24) is 10.2 Å². The zero-order valence-corrected chi connectivity index (χ0v) is 8.26. The number of nitrogens with zero attached hydrogens (tertiary/aromatic N) is 1. The van der Waals surface area contributed by atoms with Gasteiger partial charge in [0, 0.05) is 0 Å². The van der Waals surface area contributed by atoms with Crippen LogP contribution in [0.2, 0.25) is 0 Å². The Kier molecular flexibility index (Phi) is 2.09. The maximum atomic E-state index is 10.6. The number of nitrogens with one attached hydrogen (secondary N) is 1. The molecule has 0 aliphatic rings. The van der Waals surface area contributed by atoms with E-state index in [-0.39, 0.29) is 5.69 Å². The Labute approximate surface area is 84.2 Å². The molecule has 2 aromatic rings. The van der Waals surface area contributed by atoms with E-state index >= 15 is 0 Å². The highest BCUT2D eigenvalue weighted by molar-refractivity contribution is 7.13. The lowest BCUT2D eigenvalue weighted by Gasteiger charge is -1.91. The third kappa shape index (κ3) is 1.42. The minimum Gasteiger partial charge on any atom is -0.476 e. The molecule has 4 nitrogen and oxygen atoms in total. The maximum Gasteiger partial charge on any atom is 0.356 e. The van der Waals surface area contributed by atoms with Gasteiger partial charge in [-0.1, -0.05) is 0 Å². The van der Waals surface area contributed by atoms with Gasteiger partial charge >= 0.3 is 5.97 Å². The van der Waals surface area contributed by atoms with Crippen molar-refractivity contribution < 1.29 is 9.90 Å². The molecule has 2 heterocycles. The standard InChI is InChI=1S/C9H8N2O2S/c1-5-2-3-14-8(5)6-4-7(9(12)13)11-10-6/h2-4H,1H3,(H,10,11)(H,12,13). The second kappa shape index (κ2) is 3.26. The Morgan fingerprint density at radius 2 is 2.43 bits per heavy atom. The number of rotatable bonds is 2. The summed E-state index contributed by atoms with van der Waals surface area (Å²) in [4.78, 5) is 11.6. The lowest BCUT2D eigenvalue weighted by Crippen LogP contribution is -1.95. The first kappa shape index (κ1) is 8.96.